The molecule has 0 aliphatic rings. The van der Waals surface area contributed by atoms with Gasteiger partial charge < -0.3 is 10.2 Å². The monoisotopic (exact) mass is 446 g/mol. The van der Waals surface area contributed by atoms with Gasteiger partial charge in [0, 0.05) is 25.0 Å². The molecule has 3 N–H and O–H groups in total. The van der Waals surface area contributed by atoms with Crippen molar-refractivity contribution in [2.45, 2.75) is 13.3 Å². The lowest BCUT2D eigenvalue weighted by Gasteiger charge is -2.21. The van der Waals surface area contributed by atoms with Gasteiger partial charge in [0.25, 0.3) is 0 Å². The second kappa shape index (κ2) is 10.4. The fourth-order valence-electron chi connectivity index (χ4n) is 1.59. The van der Waals surface area contributed by atoms with Crippen LogP contribution in [0.1, 0.15) is 11.8 Å². The van der Waals surface area contributed by atoms with Crippen molar-refractivity contribution in [3.8, 4) is 0 Å². The van der Waals surface area contributed by atoms with E-state index in [2.05, 4.69) is 21.8 Å². The molecule has 0 radical (unpaired) electrons. The van der Waals surface area contributed by atoms with Crippen molar-refractivity contribution in [2.75, 3.05) is 32.4 Å². The molecule has 1 heterocycles. The minimum absolute atomic E-state index is 0. The molecule has 0 bridgehead atoms. The summed E-state index contributed by atoms with van der Waals surface area (Å²) in [7, 11) is -1.52. The molecule has 0 fully saturated rings. The lowest BCUT2D eigenvalue weighted by molar-refractivity contribution is 0.487. The number of nitrogens with two attached hydrogens (primary N) is 1. The van der Waals surface area contributed by atoms with Gasteiger partial charge in [0.15, 0.2) is 5.96 Å². The van der Waals surface area contributed by atoms with Crippen molar-refractivity contribution in [1.29, 1.82) is 0 Å². The first-order valence-corrected chi connectivity index (χ1v) is 9.04. The van der Waals surface area contributed by atoms with Gasteiger partial charge in [0.1, 0.15) is 0 Å². The number of nitrogens with one attached hydrogen (secondary N) is 1. The van der Waals surface area contributed by atoms with Gasteiger partial charge in [-0.3, -0.25) is 4.99 Å². The van der Waals surface area contributed by atoms with Crippen molar-refractivity contribution in [3.05, 3.63) is 22.4 Å². The third-order valence-corrected chi connectivity index (χ3v) is 4.30. The minimum atomic E-state index is -3.46. The van der Waals surface area contributed by atoms with Crippen molar-refractivity contribution in [2.24, 2.45) is 10.1 Å². The van der Waals surface area contributed by atoms with E-state index in [1.54, 1.807) is 11.3 Å². The van der Waals surface area contributed by atoms with Crippen LogP contribution in [0, 0.1) is 0 Å². The first-order chi connectivity index (χ1) is 9.42. The van der Waals surface area contributed by atoms with Crippen molar-refractivity contribution in [1.82, 2.24) is 10.2 Å². The molecule has 6 nitrogen and oxygen atoms in total. The number of nitrogens with zero attached hydrogens (tertiary/aromatic N) is 2. The Labute approximate surface area is 147 Å². The summed E-state index contributed by atoms with van der Waals surface area (Å²) in [5, 5.41) is 10.2. The molecule has 0 saturated carbocycles. The summed E-state index contributed by atoms with van der Waals surface area (Å²) in [4.78, 5) is 7.58. The molecule has 0 aliphatic heterocycles. The number of likely N-dealkylation sites (N-methyl/N-ethyl adjacent to an activating group) is 1. The van der Waals surface area contributed by atoms with Gasteiger partial charge in [0.2, 0.25) is 10.0 Å². The molecule has 9 heteroatoms. The quantitative estimate of drug-likeness (QED) is 0.373. The Kier molecular flexibility index (Phi) is 10.2. The SMILES string of the molecule is CCNC(=NCCS(N)(=O)=O)N(C)CCc1cccs1.I. The van der Waals surface area contributed by atoms with Crippen LogP contribution in [-0.4, -0.2) is 51.7 Å². The smallest absolute Gasteiger partial charge is 0.210 e. The second-order valence-corrected chi connectivity index (χ2v) is 7.12. The number of halogens is 1. The van der Waals surface area contributed by atoms with Gasteiger partial charge in [-0.15, -0.1) is 35.3 Å². The zero-order valence-electron chi connectivity index (χ0n) is 12.3. The molecule has 122 valence electrons. The van der Waals surface area contributed by atoms with E-state index in [4.69, 9.17) is 5.14 Å². The molecule has 1 aromatic rings. The van der Waals surface area contributed by atoms with Gasteiger partial charge in [-0.05, 0) is 24.8 Å². The van der Waals surface area contributed by atoms with Gasteiger partial charge in [-0.1, -0.05) is 6.07 Å². The predicted octanol–water partition coefficient (Wildman–Crippen LogP) is 1.09. The van der Waals surface area contributed by atoms with Gasteiger partial charge in [-0.2, -0.15) is 0 Å². The number of primary sulfonamides is 1. The summed E-state index contributed by atoms with van der Waals surface area (Å²) >= 11 is 1.73. The van der Waals surface area contributed by atoms with E-state index in [0.717, 1.165) is 19.5 Å². The Bertz CT molecular complexity index is 517. The lowest BCUT2D eigenvalue weighted by Crippen LogP contribution is -2.40. The molecule has 0 atom stereocenters. The summed E-state index contributed by atoms with van der Waals surface area (Å²) in [5.41, 5.74) is 0. The molecule has 0 unspecified atom stereocenters. The predicted molar refractivity (Wildman–Crippen MR) is 100 cm³/mol. The molecule has 21 heavy (non-hydrogen) atoms. The highest BCUT2D eigenvalue weighted by atomic mass is 127. The third kappa shape index (κ3) is 9.27. The highest BCUT2D eigenvalue weighted by Crippen LogP contribution is 2.09. The zero-order chi connectivity index (χ0) is 15.0. The summed E-state index contributed by atoms with van der Waals surface area (Å²) in [6.07, 6.45) is 0.938. The number of rotatable bonds is 7. The Hall–Kier alpha value is -0.390. The number of thiophene rings is 1. The average Bonchev–Trinajstić information content (AvgIpc) is 2.86. The van der Waals surface area contributed by atoms with Crippen LogP contribution in [0.2, 0.25) is 0 Å². The van der Waals surface area contributed by atoms with Crippen LogP contribution in [0.15, 0.2) is 22.5 Å². The highest BCUT2D eigenvalue weighted by Gasteiger charge is 2.07. The van der Waals surface area contributed by atoms with E-state index in [1.165, 1.54) is 4.88 Å². The van der Waals surface area contributed by atoms with Crippen LogP contribution in [0.25, 0.3) is 0 Å². The maximum Gasteiger partial charge on any atom is 0.210 e. The van der Waals surface area contributed by atoms with Crippen molar-refractivity contribution in [3.63, 3.8) is 0 Å². The van der Waals surface area contributed by atoms with Crippen LogP contribution >= 0.6 is 35.3 Å². The van der Waals surface area contributed by atoms with Crippen molar-refractivity contribution >= 4 is 51.3 Å². The number of aliphatic imine (C=N–C) groups is 1. The van der Waals surface area contributed by atoms with Crippen LogP contribution < -0.4 is 10.5 Å². The average molecular weight is 446 g/mol. The Morgan fingerprint density at radius 3 is 2.76 bits per heavy atom. The second-order valence-electron chi connectivity index (χ2n) is 4.35. The van der Waals surface area contributed by atoms with Crippen LogP contribution in [0.4, 0.5) is 0 Å². The molecule has 0 saturated heterocycles. The Morgan fingerprint density at radius 2 is 2.24 bits per heavy atom. The largest absolute Gasteiger partial charge is 0.357 e. The summed E-state index contributed by atoms with van der Waals surface area (Å²) in [6.45, 7) is 3.70. The van der Waals surface area contributed by atoms with E-state index in [9.17, 15) is 8.42 Å². The minimum Gasteiger partial charge on any atom is -0.357 e. The zero-order valence-corrected chi connectivity index (χ0v) is 16.2. The van der Waals surface area contributed by atoms with Crippen LogP contribution in [-0.2, 0) is 16.4 Å². The van der Waals surface area contributed by atoms with Crippen molar-refractivity contribution < 1.29 is 8.42 Å². The van der Waals surface area contributed by atoms with Crippen LogP contribution in [0.3, 0.4) is 0 Å². The summed E-state index contributed by atoms with van der Waals surface area (Å²) in [5.74, 6) is 0.563. The first-order valence-electron chi connectivity index (χ1n) is 6.44. The van der Waals surface area contributed by atoms with E-state index < -0.39 is 10.0 Å². The Balaban J connectivity index is 0.00000400. The normalized spacial score (nSPS) is 11.9. The molecular weight excluding hydrogens is 423 g/mol. The van der Waals surface area contributed by atoms with E-state index in [1.807, 2.05) is 24.9 Å². The molecule has 0 spiro atoms. The number of guanidine groups is 1. The number of sulfonamides is 1. The maximum absolute atomic E-state index is 10.9. The molecule has 1 rings (SSSR count). The fourth-order valence-corrected chi connectivity index (χ4v) is 2.63. The summed E-state index contributed by atoms with van der Waals surface area (Å²) in [6, 6.07) is 4.13. The van der Waals surface area contributed by atoms with Crippen LogP contribution in [0.5, 0.6) is 0 Å². The molecule has 0 aliphatic carbocycles. The molecule has 0 aromatic carbocycles. The fraction of sp³-hybridized carbons (Fsp3) is 0.583. The topological polar surface area (TPSA) is 87.8 Å². The van der Waals surface area contributed by atoms with Gasteiger partial charge in [-0.25, -0.2) is 13.6 Å². The molecule has 0 amide bonds. The first kappa shape index (κ1) is 20.6. The maximum atomic E-state index is 10.9. The van der Waals surface area contributed by atoms with E-state index in [0.29, 0.717) is 5.96 Å². The van der Waals surface area contributed by atoms with Gasteiger partial charge >= 0.3 is 0 Å². The molecule has 1 aromatic heterocycles. The standard InChI is InChI=1S/C12H22N4O2S2.HI/c1-3-14-12(15-7-10-20(13,17)18)16(2)8-6-11-5-4-9-19-11;/h4-5,9H,3,6-8,10H2,1-2H3,(H,14,15)(H2,13,17,18);1H. The van der Waals surface area contributed by atoms with E-state index >= 15 is 0 Å². The molecular formula is C12H23IN4O2S2. The number of hydrogen-bond acceptors (Lipinski definition) is 4. The van der Waals surface area contributed by atoms with Gasteiger partial charge in [0.05, 0.1) is 12.3 Å². The van der Waals surface area contributed by atoms with E-state index in [-0.39, 0.29) is 36.3 Å². The number of hydrogen-bond donors (Lipinski definition) is 2. The Morgan fingerprint density at radius 1 is 1.52 bits per heavy atom. The highest BCUT2D eigenvalue weighted by molar-refractivity contribution is 14.0. The lowest BCUT2D eigenvalue weighted by atomic mass is 10.3. The third-order valence-electron chi connectivity index (χ3n) is 2.61. The summed E-state index contributed by atoms with van der Waals surface area (Å²) < 4.78 is 21.8.